The first kappa shape index (κ1) is 18.1. The molecule has 0 bridgehead atoms. The van der Waals surface area contributed by atoms with E-state index in [2.05, 4.69) is 10.6 Å². The van der Waals surface area contributed by atoms with Crippen LogP contribution in [-0.2, 0) is 0 Å². The van der Waals surface area contributed by atoms with Crippen molar-refractivity contribution in [2.45, 2.75) is 31.3 Å². The minimum atomic E-state index is -0.857. The van der Waals surface area contributed by atoms with Gasteiger partial charge in [0.05, 0.1) is 28.5 Å². The van der Waals surface area contributed by atoms with Crippen LogP contribution in [0.5, 0.6) is 0 Å². The molecule has 3 nitrogen and oxygen atoms in total. The lowest BCUT2D eigenvalue weighted by Gasteiger charge is -2.36. The summed E-state index contributed by atoms with van der Waals surface area (Å²) in [6.07, 6.45) is 8.82. The monoisotopic (exact) mass is 387 g/mol. The maximum Gasteiger partial charge on any atom is 0.112 e. The standard InChI is InChI=1S/C21H20ClF2N3/c22-14-7-8-19-17(10-14)18(13-25)21(27(19)15-4-3-5-15)20-6-1-2-9-26(20)16(11-23)12-24/h1-2,6-8,10,15-16H,3-5,9,11-12H2. The van der Waals surface area contributed by atoms with Gasteiger partial charge < -0.3 is 9.47 Å². The number of benzene rings is 1. The molecule has 2 aromatic rings. The van der Waals surface area contributed by atoms with Gasteiger partial charge in [0.2, 0.25) is 0 Å². The molecule has 0 saturated heterocycles. The van der Waals surface area contributed by atoms with Gasteiger partial charge in [0.1, 0.15) is 19.4 Å². The van der Waals surface area contributed by atoms with Gasteiger partial charge >= 0.3 is 0 Å². The normalized spacial score (nSPS) is 17.3. The van der Waals surface area contributed by atoms with E-state index < -0.39 is 19.4 Å². The van der Waals surface area contributed by atoms with Crippen LogP contribution in [0.1, 0.15) is 36.6 Å². The van der Waals surface area contributed by atoms with Crippen molar-refractivity contribution in [1.82, 2.24) is 9.47 Å². The summed E-state index contributed by atoms with van der Waals surface area (Å²) in [6.45, 7) is -1.14. The van der Waals surface area contributed by atoms with Crippen molar-refractivity contribution in [3.8, 4) is 6.07 Å². The molecule has 0 unspecified atom stereocenters. The third-order valence-corrected chi connectivity index (χ3v) is 5.79. The van der Waals surface area contributed by atoms with E-state index in [0.29, 0.717) is 22.8 Å². The zero-order chi connectivity index (χ0) is 19.0. The minimum absolute atomic E-state index is 0.286. The van der Waals surface area contributed by atoms with Gasteiger partial charge in [-0.1, -0.05) is 23.8 Å². The van der Waals surface area contributed by atoms with Gasteiger partial charge in [0, 0.05) is 23.0 Å². The molecule has 0 amide bonds. The summed E-state index contributed by atoms with van der Waals surface area (Å²) < 4.78 is 29.2. The number of halogens is 3. The molecule has 1 saturated carbocycles. The van der Waals surface area contributed by atoms with E-state index >= 15 is 0 Å². The van der Waals surface area contributed by atoms with E-state index in [0.717, 1.165) is 35.9 Å². The van der Waals surface area contributed by atoms with Crippen LogP contribution < -0.4 is 0 Å². The van der Waals surface area contributed by atoms with Crippen LogP contribution in [-0.4, -0.2) is 35.4 Å². The Hall–Kier alpha value is -2.32. The van der Waals surface area contributed by atoms with E-state index in [4.69, 9.17) is 11.6 Å². The van der Waals surface area contributed by atoms with Gasteiger partial charge in [0.25, 0.3) is 0 Å². The summed E-state index contributed by atoms with van der Waals surface area (Å²) in [5, 5.41) is 11.3. The van der Waals surface area contributed by atoms with Crippen molar-refractivity contribution >= 4 is 28.2 Å². The zero-order valence-corrected chi connectivity index (χ0v) is 15.6. The summed E-state index contributed by atoms with van der Waals surface area (Å²) in [5.74, 6) is 0. The molecule has 1 fully saturated rings. The fourth-order valence-corrected chi connectivity index (χ4v) is 4.14. The molecule has 2 heterocycles. The number of nitrogens with zero attached hydrogens (tertiary/aromatic N) is 3. The van der Waals surface area contributed by atoms with Gasteiger partial charge in [-0.15, -0.1) is 0 Å². The molecule has 0 radical (unpaired) electrons. The smallest absolute Gasteiger partial charge is 0.112 e. The summed E-state index contributed by atoms with van der Waals surface area (Å²) in [4.78, 5) is 1.73. The summed E-state index contributed by atoms with van der Waals surface area (Å²) in [7, 11) is 0. The molecule has 1 aromatic carbocycles. The SMILES string of the molecule is N#Cc1c(C2=CC=CCN2C(CF)CF)n(C2CCC2)c2ccc(Cl)cc12. The molecule has 0 N–H and O–H groups in total. The molecule has 2 aliphatic rings. The fourth-order valence-electron chi connectivity index (χ4n) is 3.97. The van der Waals surface area contributed by atoms with Crippen LogP contribution in [0.15, 0.2) is 36.4 Å². The van der Waals surface area contributed by atoms with Crippen LogP contribution in [0.3, 0.4) is 0 Å². The fraction of sp³-hybridized carbons (Fsp3) is 0.381. The third-order valence-electron chi connectivity index (χ3n) is 5.56. The topological polar surface area (TPSA) is 32.0 Å². The average molecular weight is 388 g/mol. The van der Waals surface area contributed by atoms with Crippen molar-refractivity contribution in [2.24, 2.45) is 0 Å². The van der Waals surface area contributed by atoms with E-state index in [9.17, 15) is 14.0 Å². The average Bonchev–Trinajstić information content (AvgIpc) is 2.95. The highest BCUT2D eigenvalue weighted by Crippen LogP contribution is 2.42. The lowest BCUT2D eigenvalue weighted by Crippen LogP contribution is -2.39. The Morgan fingerprint density at radius 3 is 2.67 bits per heavy atom. The Morgan fingerprint density at radius 2 is 2.04 bits per heavy atom. The van der Waals surface area contributed by atoms with Gasteiger partial charge in [0.15, 0.2) is 0 Å². The summed E-state index contributed by atoms with van der Waals surface area (Å²) >= 11 is 6.19. The minimum Gasteiger partial charge on any atom is -0.358 e. The Labute approximate surface area is 162 Å². The summed E-state index contributed by atoms with van der Waals surface area (Å²) in [6, 6.07) is 7.32. The first-order chi connectivity index (χ1) is 13.2. The van der Waals surface area contributed by atoms with Gasteiger partial charge in [-0.3, -0.25) is 0 Å². The number of rotatable bonds is 5. The molecule has 0 atom stereocenters. The maximum atomic E-state index is 13.5. The Morgan fingerprint density at radius 1 is 1.26 bits per heavy atom. The van der Waals surface area contributed by atoms with Crippen molar-refractivity contribution in [3.63, 3.8) is 0 Å². The largest absolute Gasteiger partial charge is 0.358 e. The quantitative estimate of drug-likeness (QED) is 0.686. The van der Waals surface area contributed by atoms with Gasteiger partial charge in [-0.25, -0.2) is 8.78 Å². The van der Waals surface area contributed by atoms with Crippen molar-refractivity contribution in [1.29, 1.82) is 5.26 Å². The highest BCUT2D eigenvalue weighted by Gasteiger charge is 2.32. The Kier molecular flexibility index (Phi) is 4.92. The molecule has 0 spiro atoms. The first-order valence-electron chi connectivity index (χ1n) is 9.19. The highest BCUT2D eigenvalue weighted by molar-refractivity contribution is 6.31. The van der Waals surface area contributed by atoms with E-state index in [1.165, 1.54) is 0 Å². The number of aromatic nitrogens is 1. The van der Waals surface area contributed by atoms with Crippen molar-refractivity contribution in [3.05, 3.63) is 52.7 Å². The third kappa shape index (κ3) is 2.93. The maximum absolute atomic E-state index is 13.5. The van der Waals surface area contributed by atoms with Crippen molar-refractivity contribution < 1.29 is 8.78 Å². The number of fused-ring (bicyclic) bond motifs is 1. The van der Waals surface area contributed by atoms with Crippen molar-refractivity contribution in [2.75, 3.05) is 19.9 Å². The second-order valence-corrected chi connectivity index (χ2v) is 7.48. The van der Waals surface area contributed by atoms with Gasteiger partial charge in [-0.2, -0.15) is 5.26 Å². The molecular weight excluding hydrogens is 368 g/mol. The molecule has 4 rings (SSSR count). The van der Waals surface area contributed by atoms with Crippen LogP contribution in [0.4, 0.5) is 8.78 Å². The lowest BCUT2D eigenvalue weighted by atomic mass is 9.92. The molecule has 1 aromatic heterocycles. The predicted octanol–water partition coefficient (Wildman–Crippen LogP) is 5.41. The van der Waals surface area contributed by atoms with E-state index in [1.807, 2.05) is 30.4 Å². The number of hydrogen-bond acceptors (Lipinski definition) is 2. The van der Waals surface area contributed by atoms with Crippen LogP contribution in [0.2, 0.25) is 5.02 Å². The zero-order valence-electron chi connectivity index (χ0n) is 14.8. The Bertz CT molecular complexity index is 962. The number of allylic oxidation sites excluding steroid dienone is 2. The Balaban J connectivity index is 1.98. The molecular formula is C21H20ClF2N3. The van der Waals surface area contributed by atoms with Crippen LogP contribution in [0, 0.1) is 11.3 Å². The molecule has 140 valence electrons. The van der Waals surface area contributed by atoms with Gasteiger partial charge in [-0.05, 0) is 43.5 Å². The molecule has 1 aliphatic heterocycles. The number of alkyl halides is 2. The second kappa shape index (κ2) is 7.36. The van der Waals surface area contributed by atoms with E-state index in [1.54, 1.807) is 11.0 Å². The predicted molar refractivity (Wildman–Crippen MR) is 104 cm³/mol. The van der Waals surface area contributed by atoms with E-state index in [-0.39, 0.29) is 6.04 Å². The molecule has 27 heavy (non-hydrogen) atoms. The van der Waals surface area contributed by atoms with Crippen LogP contribution in [0.25, 0.3) is 16.6 Å². The molecule has 6 heteroatoms. The first-order valence-corrected chi connectivity index (χ1v) is 9.56. The summed E-state index contributed by atoms with van der Waals surface area (Å²) in [5.41, 5.74) is 2.91. The second-order valence-electron chi connectivity index (χ2n) is 7.05. The number of hydrogen-bond donors (Lipinski definition) is 0. The van der Waals surface area contributed by atoms with Crippen LogP contribution >= 0.6 is 11.6 Å². The number of nitriles is 1. The highest BCUT2D eigenvalue weighted by atomic mass is 35.5. The molecule has 1 aliphatic carbocycles. The lowest BCUT2D eigenvalue weighted by molar-refractivity contribution is 0.210.